The van der Waals surface area contributed by atoms with Gasteiger partial charge in [-0.3, -0.25) is 37.3 Å². The van der Waals surface area contributed by atoms with E-state index in [1.54, 1.807) is 0 Å². The Hall–Kier alpha value is -1.94. The van der Waals surface area contributed by atoms with Crippen molar-refractivity contribution in [3.8, 4) is 0 Å². The number of aliphatic hydroxyl groups is 1. The van der Waals surface area contributed by atoms with Crippen molar-refractivity contribution < 1.29 is 80.2 Å². The minimum absolute atomic E-state index is 0.107. The van der Waals surface area contributed by atoms with Crippen molar-refractivity contribution in [2.45, 2.75) is 496 Å². The first kappa shape index (κ1) is 106. The fourth-order valence-corrected chi connectivity index (χ4v) is 15.5. The van der Waals surface area contributed by atoms with Crippen molar-refractivity contribution in [1.29, 1.82) is 0 Å². The lowest BCUT2D eigenvalue weighted by Crippen LogP contribution is -2.30. The zero-order valence-corrected chi connectivity index (χ0v) is 73.0. The van der Waals surface area contributed by atoms with Crippen LogP contribution >= 0.6 is 15.6 Å². The molecule has 0 radical (unpaired) electrons. The molecule has 0 aliphatic heterocycles. The van der Waals surface area contributed by atoms with Gasteiger partial charge in [-0.1, -0.05) is 427 Å². The maximum atomic E-state index is 13.2. The molecule has 642 valence electrons. The van der Waals surface area contributed by atoms with E-state index < -0.39 is 97.5 Å². The van der Waals surface area contributed by atoms with Crippen LogP contribution in [0.5, 0.6) is 0 Å². The number of carbonyl (C=O) groups excluding carboxylic acids is 4. The summed E-state index contributed by atoms with van der Waals surface area (Å²) in [4.78, 5) is 73.4. The van der Waals surface area contributed by atoms with Crippen LogP contribution in [-0.4, -0.2) is 96.7 Å². The second-order valence-electron chi connectivity index (χ2n) is 32.7. The Morgan fingerprint density at radius 2 is 0.472 bits per heavy atom. The van der Waals surface area contributed by atoms with Crippen LogP contribution in [0.15, 0.2) is 0 Å². The highest BCUT2D eigenvalue weighted by atomic mass is 31.2. The van der Waals surface area contributed by atoms with Crippen molar-refractivity contribution in [2.75, 3.05) is 39.6 Å². The highest BCUT2D eigenvalue weighted by Crippen LogP contribution is 2.45. The second kappa shape index (κ2) is 80.3. The number of esters is 4. The summed E-state index contributed by atoms with van der Waals surface area (Å²) in [6, 6.07) is 0. The minimum atomic E-state index is -4.97. The molecule has 0 saturated heterocycles. The maximum absolute atomic E-state index is 13.2. The van der Waals surface area contributed by atoms with Crippen LogP contribution < -0.4 is 0 Å². The smallest absolute Gasteiger partial charge is 0.462 e. The fraction of sp³-hybridized carbons (Fsp3) is 0.955. The standard InChI is InChI=1S/C89H174O17P2/c1-7-10-12-14-16-18-20-22-24-26-28-29-30-32-34-39-43-47-55-61-67-73-88(93)105-84(77-99-86(91)71-65-59-53-46-42-38-33-31-27-25-23-21-19-17-15-13-11-8-2)79-103-107(95,96)101-75-83(90)76-102-108(97,98)104-80-85(78-100-87(92)72-66-60-54-50-49-52-58-64-70-82(6)9-3)106-89(94)74-68-62-56-48-44-40-36-35-37-41-45-51-57-63-69-81(4)5/h81-85,90H,7-80H2,1-6H3,(H,95,96)(H,97,98)/t82?,83-,84-,85-/m1/s1. The van der Waals surface area contributed by atoms with Gasteiger partial charge in [0.2, 0.25) is 0 Å². The summed E-state index contributed by atoms with van der Waals surface area (Å²) >= 11 is 0. The summed E-state index contributed by atoms with van der Waals surface area (Å²) in [6.07, 6.45) is 73.6. The molecular formula is C89H174O17P2. The lowest BCUT2D eigenvalue weighted by molar-refractivity contribution is -0.161. The lowest BCUT2D eigenvalue weighted by atomic mass is 9.99. The van der Waals surface area contributed by atoms with E-state index in [-0.39, 0.29) is 25.7 Å². The lowest BCUT2D eigenvalue weighted by Gasteiger charge is -2.21. The monoisotopic (exact) mass is 1580 g/mol. The molecule has 0 aromatic carbocycles. The number of carbonyl (C=O) groups is 4. The van der Waals surface area contributed by atoms with Crippen LogP contribution in [-0.2, 0) is 65.4 Å². The van der Waals surface area contributed by atoms with E-state index in [1.807, 2.05) is 0 Å². The SMILES string of the molecule is CCCCCCCCCCCCCCCCCCCCCCCC(=O)O[C@H](COC(=O)CCCCCCCCCCCCCCCCCCCC)COP(=O)(O)OC[C@@H](O)COP(=O)(O)OC[C@@H](COC(=O)CCCCCCCCCCC(C)CC)OC(=O)CCCCCCCCCCCCCCCCC(C)C. The van der Waals surface area contributed by atoms with Crippen molar-refractivity contribution >= 4 is 39.5 Å². The molecule has 0 aliphatic carbocycles. The predicted molar refractivity (Wildman–Crippen MR) is 446 cm³/mol. The van der Waals surface area contributed by atoms with E-state index in [9.17, 15) is 43.2 Å². The molecule has 0 spiro atoms. The van der Waals surface area contributed by atoms with Crippen molar-refractivity contribution in [1.82, 2.24) is 0 Å². The highest BCUT2D eigenvalue weighted by Gasteiger charge is 2.31. The first-order chi connectivity index (χ1) is 52.4. The van der Waals surface area contributed by atoms with Gasteiger partial charge in [-0.25, -0.2) is 9.13 Å². The molecule has 3 unspecified atom stereocenters. The van der Waals surface area contributed by atoms with Crippen LogP contribution in [0.4, 0.5) is 0 Å². The Morgan fingerprint density at radius 3 is 0.704 bits per heavy atom. The molecule has 0 aromatic rings. The number of rotatable bonds is 88. The summed E-state index contributed by atoms with van der Waals surface area (Å²) in [6.45, 7) is 9.72. The molecule has 0 heterocycles. The molecule has 0 fully saturated rings. The van der Waals surface area contributed by atoms with Gasteiger partial charge in [0.05, 0.1) is 26.4 Å². The zero-order valence-electron chi connectivity index (χ0n) is 71.2. The van der Waals surface area contributed by atoms with Gasteiger partial charge in [0.25, 0.3) is 0 Å². The topological polar surface area (TPSA) is 237 Å². The summed E-state index contributed by atoms with van der Waals surface area (Å²) in [5, 5.41) is 10.7. The largest absolute Gasteiger partial charge is 0.472 e. The molecule has 0 aliphatic rings. The third kappa shape index (κ3) is 80.7. The van der Waals surface area contributed by atoms with Gasteiger partial charge in [-0.05, 0) is 37.5 Å². The van der Waals surface area contributed by atoms with Crippen molar-refractivity contribution in [3.63, 3.8) is 0 Å². The van der Waals surface area contributed by atoms with Crippen LogP contribution in [0.1, 0.15) is 478 Å². The van der Waals surface area contributed by atoms with Gasteiger partial charge in [-0.15, -0.1) is 0 Å². The number of hydrogen-bond acceptors (Lipinski definition) is 15. The third-order valence-corrected chi connectivity index (χ3v) is 23.2. The second-order valence-corrected chi connectivity index (χ2v) is 35.6. The molecule has 108 heavy (non-hydrogen) atoms. The van der Waals surface area contributed by atoms with Crippen molar-refractivity contribution in [2.24, 2.45) is 11.8 Å². The maximum Gasteiger partial charge on any atom is 0.472 e. The summed E-state index contributed by atoms with van der Waals surface area (Å²) in [5.74, 6) is -0.526. The van der Waals surface area contributed by atoms with Crippen molar-refractivity contribution in [3.05, 3.63) is 0 Å². The van der Waals surface area contributed by atoms with Gasteiger partial charge in [0.1, 0.15) is 19.3 Å². The number of phosphoric ester groups is 2. The molecule has 0 aromatic heterocycles. The Bertz CT molecular complexity index is 2070. The van der Waals surface area contributed by atoms with Crippen LogP contribution in [0.25, 0.3) is 0 Å². The van der Waals surface area contributed by atoms with Gasteiger partial charge < -0.3 is 33.8 Å². The van der Waals surface area contributed by atoms with Gasteiger partial charge in [-0.2, -0.15) is 0 Å². The molecule has 19 heteroatoms. The predicted octanol–water partition coefficient (Wildman–Crippen LogP) is 27.4. The Morgan fingerprint density at radius 1 is 0.269 bits per heavy atom. The number of hydrogen-bond donors (Lipinski definition) is 3. The molecular weight excluding hydrogens is 1400 g/mol. The van der Waals surface area contributed by atoms with Gasteiger partial charge in [0.15, 0.2) is 12.2 Å². The average Bonchev–Trinajstić information content (AvgIpc) is 0.900. The summed E-state index contributed by atoms with van der Waals surface area (Å²) in [5.41, 5.74) is 0. The third-order valence-electron chi connectivity index (χ3n) is 21.3. The quantitative estimate of drug-likeness (QED) is 0.0222. The normalized spacial score (nSPS) is 14.0. The Kier molecular flexibility index (Phi) is 78.8. The van der Waals surface area contributed by atoms with Crippen LogP contribution in [0.2, 0.25) is 0 Å². The molecule has 6 atom stereocenters. The molecule has 3 N–H and O–H groups in total. The van der Waals surface area contributed by atoms with E-state index in [1.165, 1.54) is 295 Å². The molecule has 0 saturated carbocycles. The van der Waals surface area contributed by atoms with Gasteiger partial charge >= 0.3 is 39.5 Å². The van der Waals surface area contributed by atoms with E-state index in [0.717, 1.165) is 102 Å². The molecule has 17 nitrogen and oxygen atoms in total. The first-order valence-corrected chi connectivity index (χ1v) is 49.0. The highest BCUT2D eigenvalue weighted by molar-refractivity contribution is 7.47. The Balaban J connectivity index is 5.25. The van der Waals surface area contributed by atoms with E-state index in [0.29, 0.717) is 25.7 Å². The molecule has 0 bridgehead atoms. The first-order valence-electron chi connectivity index (χ1n) is 46.0. The Labute approximate surface area is 664 Å². The number of unbranched alkanes of at least 4 members (excludes halogenated alkanes) is 57. The number of aliphatic hydroxyl groups excluding tert-OH is 1. The summed E-state index contributed by atoms with van der Waals surface area (Å²) < 4.78 is 69.0. The fourth-order valence-electron chi connectivity index (χ4n) is 13.9. The average molecular weight is 1580 g/mol. The minimum Gasteiger partial charge on any atom is -0.462 e. The molecule has 0 amide bonds. The zero-order chi connectivity index (χ0) is 79.2. The van der Waals surface area contributed by atoms with Crippen LogP contribution in [0.3, 0.4) is 0 Å². The van der Waals surface area contributed by atoms with Crippen LogP contribution in [0, 0.1) is 11.8 Å². The number of ether oxygens (including phenoxy) is 4. The van der Waals surface area contributed by atoms with E-state index in [4.69, 9.17) is 37.0 Å². The molecule has 0 rings (SSSR count). The van der Waals surface area contributed by atoms with Gasteiger partial charge in [0, 0.05) is 25.7 Å². The number of phosphoric acid groups is 2. The summed E-state index contributed by atoms with van der Waals surface area (Å²) in [7, 11) is -9.93. The van der Waals surface area contributed by atoms with E-state index in [2.05, 4.69) is 41.5 Å². The van der Waals surface area contributed by atoms with E-state index >= 15 is 0 Å².